The molecule has 2 aromatic heterocycles. The number of aryl methyl sites for hydroxylation is 1. The molecule has 0 fully saturated rings. The van der Waals surface area contributed by atoms with Crippen molar-refractivity contribution >= 4 is 23.0 Å². The minimum atomic E-state index is -0.389. The molecule has 0 aliphatic carbocycles. The highest BCUT2D eigenvalue weighted by Gasteiger charge is 2.16. The number of amides is 1. The number of pyridine rings is 2. The van der Waals surface area contributed by atoms with Gasteiger partial charge in [0.25, 0.3) is 5.91 Å². The molecule has 2 heterocycles. The van der Waals surface area contributed by atoms with Crippen LogP contribution in [-0.2, 0) is 6.42 Å². The molecule has 0 saturated heterocycles. The summed E-state index contributed by atoms with van der Waals surface area (Å²) in [5.74, 6) is -0.389. The number of nitrogens with two attached hydrogens (primary N) is 1. The third-order valence-electron chi connectivity index (χ3n) is 5.03. The van der Waals surface area contributed by atoms with Crippen LogP contribution in [0.5, 0.6) is 0 Å². The summed E-state index contributed by atoms with van der Waals surface area (Å²) in [4.78, 5) is 21.2. The zero-order chi connectivity index (χ0) is 21.8. The van der Waals surface area contributed by atoms with Gasteiger partial charge in [-0.3, -0.25) is 15.2 Å². The van der Waals surface area contributed by atoms with Crippen LogP contribution in [0.4, 0.5) is 11.4 Å². The Morgan fingerprint density at radius 1 is 1.20 bits per heavy atom. The van der Waals surface area contributed by atoms with E-state index in [9.17, 15) is 4.79 Å². The van der Waals surface area contributed by atoms with Crippen LogP contribution in [0.1, 0.15) is 50.9 Å². The summed E-state index contributed by atoms with van der Waals surface area (Å²) in [6.07, 6.45) is 3.84. The van der Waals surface area contributed by atoms with Gasteiger partial charge in [-0.25, -0.2) is 4.98 Å². The number of nitrogens with one attached hydrogen (secondary N) is 2. The highest BCUT2D eigenvalue weighted by Crippen LogP contribution is 2.23. The molecule has 3 aromatic rings. The van der Waals surface area contributed by atoms with Gasteiger partial charge >= 0.3 is 0 Å². The first-order valence-electron chi connectivity index (χ1n) is 9.47. The third-order valence-corrected chi connectivity index (χ3v) is 5.03. The van der Waals surface area contributed by atoms with E-state index in [1.165, 1.54) is 6.20 Å². The third kappa shape index (κ3) is 4.03. The number of nitrogens with zero attached hydrogens (tertiary/aromatic N) is 3. The normalized spacial score (nSPS) is 10.3. The summed E-state index contributed by atoms with van der Waals surface area (Å²) < 4.78 is 0. The van der Waals surface area contributed by atoms with Crippen LogP contribution in [0.15, 0.2) is 42.7 Å². The van der Waals surface area contributed by atoms with Crippen molar-refractivity contribution in [2.75, 3.05) is 11.1 Å². The molecular weight excluding hydrogens is 376 g/mol. The fourth-order valence-electron chi connectivity index (χ4n) is 3.07. The lowest BCUT2D eigenvalue weighted by Crippen LogP contribution is -2.17. The second-order valence-corrected chi connectivity index (χ2v) is 6.90. The number of rotatable bonds is 5. The summed E-state index contributed by atoms with van der Waals surface area (Å²) >= 11 is 0. The number of carbonyl (C=O) groups is 1. The van der Waals surface area contributed by atoms with Crippen molar-refractivity contribution in [3.05, 3.63) is 81.9 Å². The van der Waals surface area contributed by atoms with Crippen LogP contribution in [0.3, 0.4) is 0 Å². The van der Waals surface area contributed by atoms with Crippen molar-refractivity contribution in [3.8, 4) is 6.07 Å². The van der Waals surface area contributed by atoms with Gasteiger partial charge in [0.05, 0.1) is 11.3 Å². The van der Waals surface area contributed by atoms with Crippen LogP contribution in [-0.4, -0.2) is 21.6 Å². The van der Waals surface area contributed by atoms with Crippen molar-refractivity contribution in [2.45, 2.75) is 27.2 Å². The highest BCUT2D eigenvalue weighted by atomic mass is 16.1. The number of hydrogen-bond acceptors (Lipinski definition) is 6. The number of nitriles is 1. The highest BCUT2D eigenvalue weighted by molar-refractivity contribution is 6.15. The summed E-state index contributed by atoms with van der Waals surface area (Å²) in [6.45, 7) is 5.55. The lowest BCUT2D eigenvalue weighted by Gasteiger charge is -2.13. The lowest BCUT2D eigenvalue weighted by molar-refractivity contribution is 0.102. The molecule has 0 unspecified atom stereocenters. The van der Waals surface area contributed by atoms with E-state index in [4.69, 9.17) is 16.4 Å². The molecule has 0 radical (unpaired) electrons. The molecule has 3 rings (SSSR count). The van der Waals surface area contributed by atoms with Gasteiger partial charge in [0.1, 0.15) is 11.8 Å². The summed E-state index contributed by atoms with van der Waals surface area (Å²) in [6, 6.07) is 10.7. The molecule has 0 saturated carbocycles. The van der Waals surface area contributed by atoms with E-state index < -0.39 is 0 Å². The number of hydrogen-bond donors (Lipinski definition) is 3. The van der Waals surface area contributed by atoms with Crippen molar-refractivity contribution in [2.24, 2.45) is 0 Å². The van der Waals surface area contributed by atoms with Gasteiger partial charge < -0.3 is 11.1 Å². The van der Waals surface area contributed by atoms with E-state index in [0.717, 1.165) is 17.7 Å². The van der Waals surface area contributed by atoms with Gasteiger partial charge in [-0.15, -0.1) is 0 Å². The van der Waals surface area contributed by atoms with E-state index in [0.29, 0.717) is 33.6 Å². The van der Waals surface area contributed by atoms with Gasteiger partial charge in [0.15, 0.2) is 0 Å². The topological polar surface area (TPSA) is 129 Å². The summed E-state index contributed by atoms with van der Waals surface area (Å²) in [5, 5.41) is 20.5. The molecule has 1 amide bonds. The fraction of sp³-hybridized carbons (Fsp3) is 0.174. The average Bonchev–Trinajstić information content (AvgIpc) is 2.76. The van der Waals surface area contributed by atoms with Gasteiger partial charge in [-0.1, -0.05) is 6.92 Å². The Morgan fingerprint density at radius 2 is 1.97 bits per heavy atom. The number of carbonyl (C=O) groups excluding carboxylic acids is 1. The Kier molecular flexibility index (Phi) is 5.88. The average molecular weight is 398 g/mol. The SMILES string of the molecule is CCc1cc(C(=N)c2cc(NC(=O)c3ncc(C#N)c(C)c3C)ccc2N)ccn1. The predicted octanol–water partition coefficient (Wildman–Crippen LogP) is 3.78. The second-order valence-electron chi connectivity index (χ2n) is 6.90. The lowest BCUT2D eigenvalue weighted by atomic mass is 10.00. The van der Waals surface area contributed by atoms with Crippen LogP contribution < -0.4 is 11.1 Å². The van der Waals surface area contributed by atoms with E-state index in [1.807, 2.05) is 13.0 Å². The minimum absolute atomic E-state index is 0.252. The van der Waals surface area contributed by atoms with Crippen molar-refractivity contribution in [3.63, 3.8) is 0 Å². The number of nitrogen functional groups attached to an aromatic ring is 1. The number of aromatic nitrogens is 2. The van der Waals surface area contributed by atoms with Crippen molar-refractivity contribution < 1.29 is 4.79 Å². The number of benzene rings is 1. The monoisotopic (exact) mass is 398 g/mol. The predicted molar refractivity (Wildman–Crippen MR) is 117 cm³/mol. The van der Waals surface area contributed by atoms with Crippen LogP contribution in [0.25, 0.3) is 0 Å². The molecule has 0 spiro atoms. The molecular formula is C23H22N6O. The first kappa shape index (κ1) is 20.7. The maximum atomic E-state index is 12.8. The Balaban J connectivity index is 1.90. The zero-order valence-corrected chi connectivity index (χ0v) is 17.1. The van der Waals surface area contributed by atoms with Gasteiger partial charge in [0, 0.05) is 40.6 Å². The first-order chi connectivity index (χ1) is 14.3. The molecule has 0 atom stereocenters. The first-order valence-corrected chi connectivity index (χ1v) is 9.47. The molecule has 0 bridgehead atoms. The second kappa shape index (κ2) is 8.53. The van der Waals surface area contributed by atoms with Gasteiger partial charge in [0.2, 0.25) is 0 Å². The molecule has 7 heteroatoms. The Labute approximate surface area is 175 Å². The molecule has 4 N–H and O–H groups in total. The van der Waals surface area contributed by atoms with E-state index in [-0.39, 0.29) is 17.3 Å². The van der Waals surface area contributed by atoms with E-state index >= 15 is 0 Å². The summed E-state index contributed by atoms with van der Waals surface area (Å²) in [5.41, 5.74) is 11.5. The summed E-state index contributed by atoms with van der Waals surface area (Å²) in [7, 11) is 0. The van der Waals surface area contributed by atoms with E-state index in [2.05, 4.69) is 21.4 Å². The van der Waals surface area contributed by atoms with Crippen molar-refractivity contribution in [1.82, 2.24) is 9.97 Å². The Hall–Kier alpha value is -4.05. The van der Waals surface area contributed by atoms with Crippen LogP contribution >= 0.6 is 0 Å². The largest absolute Gasteiger partial charge is 0.398 e. The smallest absolute Gasteiger partial charge is 0.274 e. The molecule has 0 aliphatic heterocycles. The quantitative estimate of drug-likeness (QED) is 0.445. The molecule has 1 aromatic carbocycles. The maximum Gasteiger partial charge on any atom is 0.274 e. The van der Waals surface area contributed by atoms with Crippen LogP contribution in [0, 0.1) is 30.6 Å². The number of anilines is 2. The van der Waals surface area contributed by atoms with Gasteiger partial charge in [-0.05, 0) is 61.7 Å². The Morgan fingerprint density at radius 3 is 2.67 bits per heavy atom. The fourth-order valence-corrected chi connectivity index (χ4v) is 3.07. The molecule has 150 valence electrons. The zero-order valence-electron chi connectivity index (χ0n) is 17.1. The maximum absolute atomic E-state index is 12.8. The van der Waals surface area contributed by atoms with Crippen LogP contribution in [0.2, 0.25) is 0 Å². The van der Waals surface area contributed by atoms with Gasteiger partial charge in [-0.2, -0.15) is 5.26 Å². The molecule has 0 aliphatic rings. The molecule has 30 heavy (non-hydrogen) atoms. The molecule has 7 nitrogen and oxygen atoms in total. The minimum Gasteiger partial charge on any atom is -0.398 e. The van der Waals surface area contributed by atoms with E-state index in [1.54, 1.807) is 44.3 Å². The Bertz CT molecular complexity index is 1190. The van der Waals surface area contributed by atoms with Crippen molar-refractivity contribution in [1.29, 1.82) is 10.7 Å². The standard InChI is InChI=1S/C23H22N6O/c1-4-17-9-15(7-8-27-17)21(26)19-10-18(5-6-20(19)25)29-23(30)22-14(3)13(2)16(11-24)12-28-22/h5-10,12,26H,4,25H2,1-3H3,(H,29,30).